The molecule has 0 saturated carbocycles. The molecule has 0 aromatic heterocycles. The van der Waals surface area contributed by atoms with Gasteiger partial charge in [0.15, 0.2) is 12.6 Å². The summed E-state index contributed by atoms with van der Waals surface area (Å²) >= 11 is 0. The average Bonchev–Trinajstić information content (AvgIpc) is 2.54. The number of ether oxygens (including phenoxy) is 3. The Kier molecular flexibility index (Phi) is 6.27. The van der Waals surface area contributed by atoms with Crippen molar-refractivity contribution < 1.29 is 55.1 Å². The molecule has 11 nitrogen and oxygen atoms in total. The number of hydrogen-bond donors (Lipinski definition) is 8. The van der Waals surface area contributed by atoms with E-state index in [1.165, 1.54) is 0 Å². The fourth-order valence-corrected chi connectivity index (χ4v) is 2.55. The predicted molar refractivity (Wildman–Crippen MR) is 68.6 cm³/mol. The Bertz CT molecular complexity index is 380. The lowest BCUT2D eigenvalue weighted by Gasteiger charge is -2.44. The zero-order valence-electron chi connectivity index (χ0n) is 12.0. The van der Waals surface area contributed by atoms with Crippen LogP contribution < -0.4 is 0 Å². The van der Waals surface area contributed by atoms with Crippen LogP contribution in [0.4, 0.5) is 0 Å². The van der Waals surface area contributed by atoms with E-state index in [-0.39, 0.29) is 0 Å². The number of rotatable bonds is 4. The molecular formula is C12H22O11. The summed E-state index contributed by atoms with van der Waals surface area (Å²) in [7, 11) is 0. The van der Waals surface area contributed by atoms with Gasteiger partial charge in [-0.05, 0) is 0 Å². The molecule has 11 heteroatoms. The normalized spacial score (nSPS) is 51.7. The van der Waals surface area contributed by atoms with Gasteiger partial charge in [0.05, 0.1) is 13.2 Å². The monoisotopic (exact) mass is 342 g/mol. The standard InChI is InChI=1S/C12H22O11/c13-1-3-6(16)8(18)10(11(20)21-3)23-12-9(19)7(17)5(15)4(2-14)22-12/h3-20H,1-2H2/t3?,4?,5-,6-,7?,8?,9?,10?,11-,12-/m1/s1. The van der Waals surface area contributed by atoms with Gasteiger partial charge in [-0.25, -0.2) is 0 Å². The average molecular weight is 342 g/mol. The van der Waals surface area contributed by atoms with Gasteiger partial charge in [0.1, 0.15) is 48.8 Å². The number of hydrogen-bond acceptors (Lipinski definition) is 11. The van der Waals surface area contributed by atoms with E-state index >= 15 is 0 Å². The molecule has 6 unspecified atom stereocenters. The highest BCUT2D eigenvalue weighted by atomic mass is 16.7. The molecule has 0 spiro atoms. The molecule has 0 aromatic carbocycles. The number of aliphatic hydroxyl groups excluding tert-OH is 8. The molecule has 2 aliphatic rings. The first kappa shape index (κ1) is 18.9. The van der Waals surface area contributed by atoms with Gasteiger partial charge in [0.25, 0.3) is 0 Å². The lowest BCUT2D eigenvalue weighted by atomic mass is 9.97. The van der Waals surface area contributed by atoms with Crippen LogP contribution in [0.2, 0.25) is 0 Å². The van der Waals surface area contributed by atoms with E-state index in [2.05, 4.69) is 0 Å². The lowest BCUT2D eigenvalue weighted by Crippen LogP contribution is -2.64. The van der Waals surface area contributed by atoms with Crippen LogP contribution in [0, 0.1) is 0 Å². The van der Waals surface area contributed by atoms with Crippen LogP contribution in [0.25, 0.3) is 0 Å². The molecule has 0 radical (unpaired) electrons. The van der Waals surface area contributed by atoms with E-state index in [1.807, 2.05) is 0 Å². The second-order valence-electron chi connectivity index (χ2n) is 5.53. The zero-order chi connectivity index (χ0) is 17.3. The highest BCUT2D eigenvalue weighted by molar-refractivity contribution is 4.93. The maximum absolute atomic E-state index is 9.94. The van der Waals surface area contributed by atoms with Crippen LogP contribution in [-0.2, 0) is 14.2 Å². The van der Waals surface area contributed by atoms with E-state index in [1.54, 1.807) is 0 Å². The van der Waals surface area contributed by atoms with E-state index in [0.29, 0.717) is 0 Å². The molecule has 2 rings (SSSR count). The van der Waals surface area contributed by atoms with Crippen molar-refractivity contribution in [1.29, 1.82) is 0 Å². The van der Waals surface area contributed by atoms with Crippen molar-refractivity contribution in [3.63, 3.8) is 0 Å². The van der Waals surface area contributed by atoms with Crippen LogP contribution in [-0.4, -0.2) is 115 Å². The summed E-state index contributed by atoms with van der Waals surface area (Å²) in [5.41, 5.74) is 0. The van der Waals surface area contributed by atoms with Crippen molar-refractivity contribution in [2.24, 2.45) is 0 Å². The largest absolute Gasteiger partial charge is 0.394 e. The molecule has 2 fully saturated rings. The Labute approximate surface area is 130 Å². The van der Waals surface area contributed by atoms with Crippen molar-refractivity contribution >= 4 is 0 Å². The molecule has 10 atom stereocenters. The van der Waals surface area contributed by atoms with E-state index in [0.717, 1.165) is 0 Å². The Balaban J connectivity index is 2.08. The van der Waals surface area contributed by atoms with Crippen molar-refractivity contribution in [3.8, 4) is 0 Å². The molecule has 136 valence electrons. The molecular weight excluding hydrogens is 320 g/mol. The molecule has 0 aliphatic carbocycles. The Morgan fingerprint density at radius 1 is 0.652 bits per heavy atom. The summed E-state index contributed by atoms with van der Waals surface area (Å²) in [5.74, 6) is 0. The SMILES string of the molecule is OCC1O[C@H](OC2C(O)[C@H](O)C(CO)O[C@H]2O)C(O)C(O)[C@@H]1O. The van der Waals surface area contributed by atoms with Crippen molar-refractivity contribution in [2.75, 3.05) is 13.2 Å². The van der Waals surface area contributed by atoms with Crippen LogP contribution in [0.3, 0.4) is 0 Å². The summed E-state index contributed by atoms with van der Waals surface area (Å²) in [6.07, 6.45) is -15.6. The van der Waals surface area contributed by atoms with Gasteiger partial charge >= 0.3 is 0 Å². The highest BCUT2D eigenvalue weighted by Gasteiger charge is 2.50. The van der Waals surface area contributed by atoms with E-state index < -0.39 is 74.6 Å². The van der Waals surface area contributed by atoms with Gasteiger partial charge in [-0.2, -0.15) is 0 Å². The Hall–Kier alpha value is -0.440. The third kappa shape index (κ3) is 3.65. The van der Waals surface area contributed by atoms with Crippen molar-refractivity contribution in [1.82, 2.24) is 0 Å². The number of aliphatic hydroxyl groups is 8. The molecule has 8 N–H and O–H groups in total. The molecule has 0 bridgehead atoms. The minimum absolute atomic E-state index is 0.651. The van der Waals surface area contributed by atoms with Gasteiger partial charge in [-0.1, -0.05) is 0 Å². The van der Waals surface area contributed by atoms with E-state index in [4.69, 9.17) is 24.4 Å². The first-order valence-corrected chi connectivity index (χ1v) is 7.08. The molecule has 2 heterocycles. The summed E-state index contributed by atoms with van der Waals surface area (Å²) < 4.78 is 15.1. The third-order valence-electron chi connectivity index (χ3n) is 3.98. The predicted octanol–water partition coefficient (Wildman–Crippen LogP) is -5.40. The maximum Gasteiger partial charge on any atom is 0.187 e. The first-order chi connectivity index (χ1) is 10.8. The zero-order valence-corrected chi connectivity index (χ0v) is 12.0. The summed E-state index contributed by atoms with van der Waals surface area (Å²) in [6, 6.07) is 0. The van der Waals surface area contributed by atoms with Gasteiger partial charge < -0.3 is 55.1 Å². The second-order valence-corrected chi connectivity index (χ2v) is 5.53. The van der Waals surface area contributed by atoms with Gasteiger partial charge in [-0.3, -0.25) is 0 Å². The third-order valence-corrected chi connectivity index (χ3v) is 3.98. The summed E-state index contributed by atoms with van der Waals surface area (Å²) in [6.45, 7) is -1.33. The van der Waals surface area contributed by atoms with Crippen molar-refractivity contribution in [3.05, 3.63) is 0 Å². The first-order valence-electron chi connectivity index (χ1n) is 7.08. The molecule has 0 aromatic rings. The fraction of sp³-hybridized carbons (Fsp3) is 1.00. The fourth-order valence-electron chi connectivity index (χ4n) is 2.55. The smallest absolute Gasteiger partial charge is 0.187 e. The maximum atomic E-state index is 9.94. The highest BCUT2D eigenvalue weighted by Crippen LogP contribution is 2.28. The lowest BCUT2D eigenvalue weighted by molar-refractivity contribution is -0.361. The molecule has 2 saturated heterocycles. The summed E-state index contributed by atoms with van der Waals surface area (Å²) in [4.78, 5) is 0. The topological polar surface area (TPSA) is 190 Å². The van der Waals surface area contributed by atoms with Gasteiger partial charge in [0, 0.05) is 0 Å². The van der Waals surface area contributed by atoms with Crippen molar-refractivity contribution in [2.45, 2.75) is 61.4 Å². The Morgan fingerprint density at radius 3 is 1.74 bits per heavy atom. The van der Waals surface area contributed by atoms with Crippen LogP contribution in [0.1, 0.15) is 0 Å². The minimum Gasteiger partial charge on any atom is -0.394 e. The van der Waals surface area contributed by atoms with E-state index in [9.17, 15) is 30.6 Å². The van der Waals surface area contributed by atoms with Gasteiger partial charge in [-0.15, -0.1) is 0 Å². The van der Waals surface area contributed by atoms with Gasteiger partial charge in [0.2, 0.25) is 0 Å². The quantitative estimate of drug-likeness (QED) is 0.243. The second kappa shape index (κ2) is 7.63. The summed E-state index contributed by atoms with van der Waals surface area (Å²) in [5, 5.41) is 76.7. The molecule has 0 amide bonds. The minimum atomic E-state index is -1.75. The van der Waals surface area contributed by atoms with Crippen LogP contribution in [0.15, 0.2) is 0 Å². The van der Waals surface area contributed by atoms with Crippen LogP contribution >= 0.6 is 0 Å². The molecule has 2 aliphatic heterocycles. The Morgan fingerprint density at radius 2 is 1.17 bits per heavy atom. The molecule has 23 heavy (non-hydrogen) atoms. The van der Waals surface area contributed by atoms with Crippen LogP contribution in [0.5, 0.6) is 0 Å².